The maximum Gasteiger partial charge on any atom is 0.318 e. The highest BCUT2D eigenvalue weighted by Gasteiger charge is 2.22. The van der Waals surface area contributed by atoms with Crippen LogP contribution in [0.4, 0.5) is 0 Å². The third kappa shape index (κ3) is 1.82. The van der Waals surface area contributed by atoms with Gasteiger partial charge in [0.15, 0.2) is 0 Å². The van der Waals surface area contributed by atoms with Crippen molar-refractivity contribution in [2.24, 2.45) is 5.92 Å². The molecular formula is C8H8BrNO2. The van der Waals surface area contributed by atoms with Gasteiger partial charge in [0, 0.05) is 10.2 Å². The second kappa shape index (κ2) is 3.67. The van der Waals surface area contributed by atoms with Crippen molar-refractivity contribution in [2.75, 3.05) is 7.11 Å². The maximum atomic E-state index is 11.1. The Hall–Kier alpha value is -0.900. The number of esters is 1. The fourth-order valence-electron chi connectivity index (χ4n) is 0.900. The number of carbonyl (C=O) groups excluding carboxylic acids is 1. The van der Waals surface area contributed by atoms with Crippen LogP contribution < -0.4 is 0 Å². The van der Waals surface area contributed by atoms with E-state index in [1.807, 2.05) is 0 Å². The molecule has 3 nitrogen and oxygen atoms in total. The lowest BCUT2D eigenvalue weighted by molar-refractivity contribution is -0.141. The standard InChI is InChI=1S/C8H8BrNO2/c1-12-8(11)6-4-5(9)2-3-7(6)10/h2-4,6,10H,1H3. The highest BCUT2D eigenvalue weighted by Crippen LogP contribution is 2.19. The number of nitrogens with one attached hydrogen (secondary N) is 1. The van der Waals surface area contributed by atoms with E-state index in [9.17, 15) is 4.79 Å². The molecule has 4 heteroatoms. The molecule has 1 aliphatic carbocycles. The van der Waals surface area contributed by atoms with Crippen molar-refractivity contribution >= 4 is 27.6 Å². The van der Waals surface area contributed by atoms with Crippen LogP contribution in [-0.4, -0.2) is 18.8 Å². The molecule has 1 N–H and O–H groups in total. The molecule has 1 aliphatic rings. The zero-order valence-corrected chi connectivity index (χ0v) is 8.09. The number of halogens is 1. The largest absolute Gasteiger partial charge is 0.468 e. The first kappa shape index (κ1) is 9.19. The van der Waals surface area contributed by atoms with Gasteiger partial charge in [-0.1, -0.05) is 22.0 Å². The van der Waals surface area contributed by atoms with E-state index < -0.39 is 11.9 Å². The second-order valence-corrected chi connectivity index (χ2v) is 3.26. The average Bonchev–Trinajstić information content (AvgIpc) is 2.08. The minimum atomic E-state index is -0.561. The maximum absolute atomic E-state index is 11.1. The number of rotatable bonds is 1. The van der Waals surface area contributed by atoms with Crippen LogP contribution in [0, 0.1) is 11.3 Å². The van der Waals surface area contributed by atoms with Crippen LogP contribution in [-0.2, 0) is 9.53 Å². The number of hydrogen-bond donors (Lipinski definition) is 1. The van der Waals surface area contributed by atoms with Crippen molar-refractivity contribution in [1.29, 1.82) is 5.41 Å². The fraction of sp³-hybridized carbons (Fsp3) is 0.250. The molecule has 64 valence electrons. The summed E-state index contributed by atoms with van der Waals surface area (Å²) < 4.78 is 5.33. The van der Waals surface area contributed by atoms with Crippen molar-refractivity contribution < 1.29 is 9.53 Å². The molecule has 0 aromatic heterocycles. The summed E-state index contributed by atoms with van der Waals surface area (Å²) in [5.41, 5.74) is 0.255. The third-order valence-corrected chi connectivity index (χ3v) is 2.07. The first-order valence-electron chi connectivity index (χ1n) is 3.37. The molecule has 0 amide bonds. The van der Waals surface area contributed by atoms with E-state index in [4.69, 9.17) is 5.41 Å². The minimum Gasteiger partial charge on any atom is -0.468 e. The van der Waals surface area contributed by atoms with E-state index >= 15 is 0 Å². The summed E-state index contributed by atoms with van der Waals surface area (Å²) in [6.45, 7) is 0. The number of allylic oxidation sites excluding steroid dienone is 3. The summed E-state index contributed by atoms with van der Waals surface area (Å²) in [6, 6.07) is 0. The molecule has 1 rings (SSSR count). The summed E-state index contributed by atoms with van der Waals surface area (Å²) in [6.07, 6.45) is 4.95. The Morgan fingerprint density at radius 1 is 1.67 bits per heavy atom. The Morgan fingerprint density at radius 2 is 2.33 bits per heavy atom. The fourth-order valence-corrected chi connectivity index (χ4v) is 1.30. The lowest BCUT2D eigenvalue weighted by Gasteiger charge is -2.12. The molecule has 0 aromatic rings. The molecule has 0 saturated carbocycles. The Labute approximate surface area is 78.7 Å². The first-order chi connectivity index (χ1) is 5.65. The topological polar surface area (TPSA) is 50.2 Å². The number of carbonyl (C=O) groups is 1. The van der Waals surface area contributed by atoms with Crippen LogP contribution in [0.3, 0.4) is 0 Å². The molecule has 0 fully saturated rings. The van der Waals surface area contributed by atoms with Crippen LogP contribution in [0.5, 0.6) is 0 Å². The van der Waals surface area contributed by atoms with E-state index in [0.29, 0.717) is 0 Å². The molecule has 1 atom stereocenters. The number of hydrogen-bond acceptors (Lipinski definition) is 3. The highest BCUT2D eigenvalue weighted by atomic mass is 79.9. The number of ether oxygens (including phenoxy) is 1. The molecule has 0 radical (unpaired) electrons. The number of methoxy groups -OCH3 is 1. The Kier molecular flexibility index (Phi) is 2.81. The molecule has 0 saturated heterocycles. The van der Waals surface area contributed by atoms with E-state index in [1.54, 1.807) is 18.2 Å². The summed E-state index contributed by atoms with van der Waals surface area (Å²) in [5.74, 6) is -0.962. The summed E-state index contributed by atoms with van der Waals surface area (Å²) in [4.78, 5) is 11.1. The van der Waals surface area contributed by atoms with E-state index in [2.05, 4.69) is 20.7 Å². The van der Waals surface area contributed by atoms with Crippen molar-refractivity contribution in [2.45, 2.75) is 0 Å². The van der Waals surface area contributed by atoms with Crippen LogP contribution in [0.15, 0.2) is 22.7 Å². The molecule has 0 aromatic carbocycles. The van der Waals surface area contributed by atoms with Gasteiger partial charge >= 0.3 is 5.97 Å². The van der Waals surface area contributed by atoms with Gasteiger partial charge in [-0.3, -0.25) is 4.79 Å². The minimum absolute atomic E-state index is 0.255. The van der Waals surface area contributed by atoms with Gasteiger partial charge in [-0.25, -0.2) is 0 Å². The predicted molar refractivity (Wildman–Crippen MR) is 49.4 cm³/mol. The van der Waals surface area contributed by atoms with Gasteiger partial charge in [-0.2, -0.15) is 0 Å². The lowest BCUT2D eigenvalue weighted by Crippen LogP contribution is -2.23. The van der Waals surface area contributed by atoms with E-state index in [0.717, 1.165) is 4.48 Å². The van der Waals surface area contributed by atoms with Crippen LogP contribution in [0.25, 0.3) is 0 Å². The molecular weight excluding hydrogens is 222 g/mol. The van der Waals surface area contributed by atoms with Gasteiger partial charge in [0.2, 0.25) is 0 Å². The van der Waals surface area contributed by atoms with Crippen LogP contribution in [0.2, 0.25) is 0 Å². The first-order valence-corrected chi connectivity index (χ1v) is 4.16. The molecule has 0 bridgehead atoms. The molecule has 0 spiro atoms. The zero-order valence-electron chi connectivity index (χ0n) is 6.50. The van der Waals surface area contributed by atoms with Gasteiger partial charge in [0.1, 0.15) is 5.92 Å². The highest BCUT2D eigenvalue weighted by molar-refractivity contribution is 9.11. The van der Waals surface area contributed by atoms with Crippen molar-refractivity contribution in [3.8, 4) is 0 Å². The average molecular weight is 230 g/mol. The summed E-state index contributed by atoms with van der Waals surface area (Å²) in [7, 11) is 1.32. The summed E-state index contributed by atoms with van der Waals surface area (Å²) >= 11 is 3.22. The third-order valence-electron chi connectivity index (χ3n) is 1.54. The SMILES string of the molecule is COC(=O)C1C=C(Br)C=CC1=N. The van der Waals surface area contributed by atoms with Crippen molar-refractivity contribution in [3.63, 3.8) is 0 Å². The molecule has 0 heterocycles. The Morgan fingerprint density at radius 3 is 2.92 bits per heavy atom. The lowest BCUT2D eigenvalue weighted by atomic mass is 9.99. The van der Waals surface area contributed by atoms with E-state index in [1.165, 1.54) is 7.11 Å². The second-order valence-electron chi connectivity index (χ2n) is 2.34. The molecule has 12 heavy (non-hydrogen) atoms. The molecule has 1 unspecified atom stereocenters. The predicted octanol–water partition coefficient (Wildman–Crippen LogP) is 1.64. The smallest absolute Gasteiger partial charge is 0.318 e. The molecule has 0 aliphatic heterocycles. The zero-order chi connectivity index (χ0) is 9.14. The van der Waals surface area contributed by atoms with Gasteiger partial charge in [-0.05, 0) is 12.2 Å². The quantitative estimate of drug-likeness (QED) is 0.696. The summed E-state index contributed by atoms with van der Waals surface area (Å²) in [5, 5.41) is 7.42. The van der Waals surface area contributed by atoms with Gasteiger partial charge < -0.3 is 10.1 Å². The van der Waals surface area contributed by atoms with Crippen LogP contribution >= 0.6 is 15.9 Å². The van der Waals surface area contributed by atoms with Crippen LogP contribution in [0.1, 0.15) is 0 Å². The Bertz CT molecular complexity index is 281. The van der Waals surface area contributed by atoms with Gasteiger partial charge in [0.05, 0.1) is 7.11 Å². The monoisotopic (exact) mass is 229 g/mol. The Balaban J connectivity index is 2.84. The van der Waals surface area contributed by atoms with Crippen molar-refractivity contribution in [1.82, 2.24) is 0 Å². The normalized spacial score (nSPS) is 22.0. The van der Waals surface area contributed by atoms with Gasteiger partial charge in [-0.15, -0.1) is 0 Å². The van der Waals surface area contributed by atoms with E-state index in [-0.39, 0.29) is 5.71 Å². The van der Waals surface area contributed by atoms with Gasteiger partial charge in [0.25, 0.3) is 0 Å². The van der Waals surface area contributed by atoms with Crippen molar-refractivity contribution in [3.05, 3.63) is 22.7 Å².